The van der Waals surface area contributed by atoms with Crippen LogP contribution in [0.4, 0.5) is 15.8 Å². The predicted octanol–water partition coefficient (Wildman–Crippen LogP) is 4.19. The maximum atomic E-state index is 13.8. The normalized spacial score (nSPS) is 11.0. The van der Waals surface area contributed by atoms with Crippen molar-refractivity contribution >= 4 is 27.3 Å². The number of aryl methyl sites for hydroxylation is 1. The number of rotatable bonds is 5. The van der Waals surface area contributed by atoms with Crippen LogP contribution >= 0.6 is 0 Å². The third kappa shape index (κ3) is 4.51. The van der Waals surface area contributed by atoms with Crippen molar-refractivity contribution in [2.24, 2.45) is 0 Å². The monoisotopic (exact) mass is 384 g/mol. The third-order valence-corrected chi connectivity index (χ3v) is 5.20. The molecule has 0 bridgehead atoms. The molecular weight excluding hydrogens is 367 g/mol. The second-order valence-corrected chi connectivity index (χ2v) is 7.62. The van der Waals surface area contributed by atoms with Gasteiger partial charge in [-0.2, -0.15) is 0 Å². The number of nitrogens with one attached hydrogen (secondary N) is 2. The van der Waals surface area contributed by atoms with E-state index >= 15 is 0 Å². The predicted molar refractivity (Wildman–Crippen MR) is 103 cm³/mol. The Hall–Kier alpha value is -3.19. The van der Waals surface area contributed by atoms with Gasteiger partial charge in [-0.1, -0.05) is 30.3 Å². The zero-order valence-electron chi connectivity index (χ0n) is 14.4. The van der Waals surface area contributed by atoms with Gasteiger partial charge in [0.15, 0.2) is 0 Å². The number of carbonyl (C=O) groups is 1. The van der Waals surface area contributed by atoms with Gasteiger partial charge in [0.2, 0.25) is 0 Å². The van der Waals surface area contributed by atoms with E-state index in [9.17, 15) is 17.6 Å². The summed E-state index contributed by atoms with van der Waals surface area (Å²) in [7, 11) is -3.77. The average molecular weight is 384 g/mol. The molecule has 7 heteroatoms. The van der Waals surface area contributed by atoms with Crippen molar-refractivity contribution < 1.29 is 17.6 Å². The Kier molecular flexibility index (Phi) is 5.23. The first-order valence-corrected chi connectivity index (χ1v) is 9.59. The van der Waals surface area contributed by atoms with E-state index in [-0.39, 0.29) is 21.8 Å². The molecule has 0 radical (unpaired) electrons. The van der Waals surface area contributed by atoms with Crippen LogP contribution in [0.2, 0.25) is 0 Å². The fraction of sp³-hybridized carbons (Fsp3) is 0.0500. The first-order valence-electron chi connectivity index (χ1n) is 8.10. The largest absolute Gasteiger partial charge is 0.319 e. The number of carbonyl (C=O) groups excluding carboxylic acids is 1. The summed E-state index contributed by atoms with van der Waals surface area (Å²) in [5.41, 5.74) is 1.30. The van der Waals surface area contributed by atoms with Crippen LogP contribution < -0.4 is 10.0 Å². The van der Waals surface area contributed by atoms with Crippen LogP contribution in [0.25, 0.3) is 0 Å². The van der Waals surface area contributed by atoms with Gasteiger partial charge in [-0.05, 0) is 55.0 Å². The Labute approximate surface area is 156 Å². The molecule has 0 spiro atoms. The highest BCUT2D eigenvalue weighted by atomic mass is 32.2. The number of halogens is 1. The van der Waals surface area contributed by atoms with Gasteiger partial charge in [-0.3, -0.25) is 9.52 Å². The minimum absolute atomic E-state index is 0.0651. The quantitative estimate of drug-likeness (QED) is 0.693. The molecule has 0 saturated carbocycles. The van der Waals surface area contributed by atoms with Crippen molar-refractivity contribution in [3.05, 3.63) is 89.7 Å². The van der Waals surface area contributed by atoms with E-state index in [1.54, 1.807) is 37.3 Å². The fourth-order valence-corrected chi connectivity index (χ4v) is 3.54. The SMILES string of the molecule is Cc1ccc(F)c(NC(=O)c2cccc(NS(=O)(=O)c3ccccc3)c2)c1. The molecule has 2 N–H and O–H groups in total. The summed E-state index contributed by atoms with van der Waals surface area (Å²) in [6, 6.07) is 18.3. The van der Waals surface area contributed by atoms with Crippen LogP contribution in [0.3, 0.4) is 0 Å². The molecule has 3 aromatic rings. The lowest BCUT2D eigenvalue weighted by Gasteiger charge is -2.10. The van der Waals surface area contributed by atoms with Gasteiger partial charge in [0.05, 0.1) is 10.6 Å². The van der Waals surface area contributed by atoms with E-state index in [2.05, 4.69) is 10.0 Å². The summed E-state index contributed by atoms with van der Waals surface area (Å²) < 4.78 is 41.1. The number of sulfonamides is 1. The van der Waals surface area contributed by atoms with E-state index in [1.807, 2.05) is 0 Å². The van der Waals surface area contributed by atoms with Crippen LogP contribution in [0.15, 0.2) is 77.7 Å². The van der Waals surface area contributed by atoms with Crippen molar-refractivity contribution in [1.82, 2.24) is 0 Å². The van der Waals surface area contributed by atoms with Crippen molar-refractivity contribution in [2.45, 2.75) is 11.8 Å². The Morgan fingerprint density at radius 3 is 2.41 bits per heavy atom. The van der Waals surface area contributed by atoms with Crippen LogP contribution in [0.1, 0.15) is 15.9 Å². The highest BCUT2D eigenvalue weighted by Crippen LogP contribution is 2.20. The summed E-state index contributed by atoms with van der Waals surface area (Å²) in [6.07, 6.45) is 0. The minimum atomic E-state index is -3.77. The minimum Gasteiger partial charge on any atom is -0.319 e. The van der Waals surface area contributed by atoms with Gasteiger partial charge in [-0.15, -0.1) is 0 Å². The molecule has 0 unspecified atom stereocenters. The van der Waals surface area contributed by atoms with Gasteiger partial charge < -0.3 is 5.32 Å². The molecule has 138 valence electrons. The van der Waals surface area contributed by atoms with Gasteiger partial charge in [0.1, 0.15) is 5.82 Å². The Balaban J connectivity index is 1.81. The molecule has 5 nitrogen and oxygen atoms in total. The third-order valence-electron chi connectivity index (χ3n) is 3.80. The Morgan fingerprint density at radius 2 is 1.67 bits per heavy atom. The van der Waals surface area contributed by atoms with Crippen molar-refractivity contribution in [3.63, 3.8) is 0 Å². The molecule has 27 heavy (non-hydrogen) atoms. The lowest BCUT2D eigenvalue weighted by Crippen LogP contribution is -2.15. The second-order valence-electron chi connectivity index (χ2n) is 5.94. The number of anilines is 2. The lowest BCUT2D eigenvalue weighted by molar-refractivity contribution is 0.102. The molecule has 3 aromatic carbocycles. The number of hydrogen-bond acceptors (Lipinski definition) is 3. The molecule has 0 aliphatic rings. The van der Waals surface area contributed by atoms with E-state index in [1.165, 1.54) is 42.5 Å². The Bertz CT molecular complexity index is 1080. The highest BCUT2D eigenvalue weighted by molar-refractivity contribution is 7.92. The number of benzene rings is 3. The molecular formula is C20H17FN2O3S. The fourth-order valence-electron chi connectivity index (χ4n) is 2.47. The zero-order chi connectivity index (χ0) is 19.4. The average Bonchev–Trinajstić information content (AvgIpc) is 2.65. The molecule has 0 heterocycles. The first-order chi connectivity index (χ1) is 12.8. The summed E-state index contributed by atoms with van der Waals surface area (Å²) in [5, 5.41) is 2.50. The van der Waals surface area contributed by atoms with Crippen LogP contribution in [-0.2, 0) is 10.0 Å². The molecule has 0 aliphatic carbocycles. The van der Waals surface area contributed by atoms with E-state index in [0.29, 0.717) is 0 Å². The maximum Gasteiger partial charge on any atom is 0.261 e. The lowest BCUT2D eigenvalue weighted by atomic mass is 10.1. The van der Waals surface area contributed by atoms with Crippen LogP contribution in [0, 0.1) is 12.7 Å². The zero-order valence-corrected chi connectivity index (χ0v) is 15.3. The first kappa shape index (κ1) is 18.6. The summed E-state index contributed by atoms with van der Waals surface area (Å²) in [5.74, 6) is -1.09. The summed E-state index contributed by atoms with van der Waals surface area (Å²) in [6.45, 7) is 1.79. The molecule has 0 atom stereocenters. The molecule has 0 saturated heterocycles. The van der Waals surface area contributed by atoms with Gasteiger partial charge in [0.25, 0.3) is 15.9 Å². The maximum absolute atomic E-state index is 13.8. The van der Waals surface area contributed by atoms with Crippen molar-refractivity contribution in [2.75, 3.05) is 10.0 Å². The highest BCUT2D eigenvalue weighted by Gasteiger charge is 2.15. The molecule has 0 aliphatic heterocycles. The van der Waals surface area contributed by atoms with Gasteiger partial charge >= 0.3 is 0 Å². The molecule has 0 aromatic heterocycles. The van der Waals surface area contributed by atoms with Crippen LogP contribution in [0.5, 0.6) is 0 Å². The summed E-state index contributed by atoms with van der Waals surface area (Å²) in [4.78, 5) is 12.5. The van der Waals surface area contributed by atoms with Gasteiger partial charge in [0, 0.05) is 11.3 Å². The standard InChI is InChI=1S/C20H17FN2O3S/c1-14-10-11-18(21)19(12-14)22-20(24)15-6-5-7-16(13-15)23-27(25,26)17-8-3-2-4-9-17/h2-13,23H,1H3,(H,22,24). The van der Waals surface area contributed by atoms with E-state index in [0.717, 1.165) is 5.56 Å². The van der Waals surface area contributed by atoms with Gasteiger partial charge in [-0.25, -0.2) is 12.8 Å². The Morgan fingerprint density at radius 1 is 0.926 bits per heavy atom. The topological polar surface area (TPSA) is 75.3 Å². The van der Waals surface area contributed by atoms with Crippen LogP contribution in [-0.4, -0.2) is 14.3 Å². The van der Waals surface area contributed by atoms with E-state index < -0.39 is 21.7 Å². The summed E-state index contributed by atoms with van der Waals surface area (Å²) >= 11 is 0. The van der Waals surface area contributed by atoms with E-state index in [4.69, 9.17) is 0 Å². The molecule has 3 rings (SSSR count). The number of amides is 1. The number of hydrogen-bond donors (Lipinski definition) is 2. The van der Waals surface area contributed by atoms with Crippen molar-refractivity contribution in [3.8, 4) is 0 Å². The van der Waals surface area contributed by atoms with Crippen molar-refractivity contribution in [1.29, 1.82) is 0 Å². The molecule has 0 fully saturated rings. The second kappa shape index (κ2) is 7.59. The molecule has 1 amide bonds. The smallest absolute Gasteiger partial charge is 0.261 e.